The second-order valence-electron chi connectivity index (χ2n) is 7.10. The molecule has 138 valence electrons. The van der Waals surface area contributed by atoms with Crippen molar-refractivity contribution in [2.24, 2.45) is 0 Å². The van der Waals surface area contributed by atoms with Gasteiger partial charge in [0.05, 0.1) is 13.2 Å². The van der Waals surface area contributed by atoms with Crippen LogP contribution in [-0.4, -0.2) is 24.7 Å². The molecule has 0 aliphatic carbocycles. The third-order valence-corrected chi connectivity index (χ3v) is 4.42. The number of ether oxygens (including phenoxy) is 3. The quantitative estimate of drug-likeness (QED) is 0.884. The molecule has 2 atom stereocenters. The van der Waals surface area contributed by atoms with E-state index < -0.39 is 6.10 Å². The maximum absolute atomic E-state index is 12.7. The van der Waals surface area contributed by atoms with E-state index in [1.807, 2.05) is 62.4 Å². The molecule has 1 N–H and O–H groups in total. The highest BCUT2D eigenvalue weighted by Gasteiger charge is 2.35. The third kappa shape index (κ3) is 4.10. The Hall–Kier alpha value is -2.69. The molecule has 1 amide bonds. The Morgan fingerprint density at radius 3 is 2.62 bits per heavy atom. The molecule has 0 bridgehead atoms. The van der Waals surface area contributed by atoms with Gasteiger partial charge < -0.3 is 19.5 Å². The molecule has 26 heavy (non-hydrogen) atoms. The van der Waals surface area contributed by atoms with Gasteiger partial charge in [0, 0.05) is 18.1 Å². The lowest BCUT2D eigenvalue weighted by atomic mass is 9.89. The molecular weight excluding hydrogens is 330 g/mol. The first-order chi connectivity index (χ1) is 12.4. The van der Waals surface area contributed by atoms with E-state index in [2.05, 4.69) is 5.32 Å². The molecule has 0 unspecified atom stereocenters. The maximum Gasteiger partial charge on any atom is 0.261 e. The zero-order valence-corrected chi connectivity index (χ0v) is 15.6. The van der Waals surface area contributed by atoms with E-state index in [4.69, 9.17) is 14.2 Å². The number of methoxy groups -OCH3 is 1. The third-order valence-electron chi connectivity index (χ3n) is 4.42. The van der Waals surface area contributed by atoms with Crippen LogP contribution in [0.25, 0.3) is 0 Å². The molecule has 0 saturated carbocycles. The highest BCUT2D eigenvalue weighted by Crippen LogP contribution is 2.41. The smallest absolute Gasteiger partial charge is 0.261 e. The van der Waals surface area contributed by atoms with E-state index >= 15 is 0 Å². The van der Waals surface area contributed by atoms with Crippen molar-refractivity contribution in [1.29, 1.82) is 0 Å². The van der Waals surface area contributed by atoms with Crippen LogP contribution in [0, 0.1) is 0 Å². The second kappa shape index (κ2) is 7.28. The Kier molecular flexibility index (Phi) is 5.07. The number of fused-ring (bicyclic) bond motifs is 1. The molecule has 0 saturated heterocycles. The Balaban J connectivity index is 1.75. The summed E-state index contributed by atoms with van der Waals surface area (Å²) in [5.41, 5.74) is 0.561. The van der Waals surface area contributed by atoms with Crippen molar-refractivity contribution in [3.8, 4) is 17.2 Å². The average Bonchev–Trinajstić information content (AvgIpc) is 2.61. The Morgan fingerprint density at radius 1 is 1.19 bits per heavy atom. The summed E-state index contributed by atoms with van der Waals surface area (Å²) in [5, 5.41) is 3.10. The fraction of sp³-hybridized carbons (Fsp3) is 0.381. The van der Waals surface area contributed by atoms with Crippen LogP contribution < -0.4 is 19.5 Å². The van der Waals surface area contributed by atoms with E-state index in [-0.39, 0.29) is 17.6 Å². The first-order valence-corrected chi connectivity index (χ1v) is 8.77. The molecule has 0 fully saturated rings. The Morgan fingerprint density at radius 2 is 1.92 bits per heavy atom. The van der Waals surface area contributed by atoms with Crippen LogP contribution in [0.1, 0.15) is 38.8 Å². The van der Waals surface area contributed by atoms with E-state index in [0.29, 0.717) is 12.2 Å². The van der Waals surface area contributed by atoms with Gasteiger partial charge in [-0.05, 0) is 45.0 Å². The highest BCUT2D eigenvalue weighted by molar-refractivity contribution is 5.81. The zero-order chi connectivity index (χ0) is 18.7. The Bertz CT molecular complexity index is 773. The maximum atomic E-state index is 12.7. The normalized spacial score (nSPS) is 18.8. The molecule has 0 radical (unpaired) electrons. The fourth-order valence-electron chi connectivity index (χ4n) is 3.13. The lowest BCUT2D eigenvalue weighted by Crippen LogP contribution is -2.44. The number of carbonyl (C=O) groups is 1. The van der Waals surface area contributed by atoms with Gasteiger partial charge in [-0.2, -0.15) is 0 Å². The first kappa shape index (κ1) is 18.1. The number of carbonyl (C=O) groups excluding carboxylic acids is 1. The topological polar surface area (TPSA) is 56.8 Å². The summed E-state index contributed by atoms with van der Waals surface area (Å²) in [5.74, 6) is 1.99. The number of benzene rings is 2. The summed E-state index contributed by atoms with van der Waals surface area (Å²) < 4.78 is 17.1. The second-order valence-corrected chi connectivity index (χ2v) is 7.10. The van der Waals surface area contributed by atoms with Crippen molar-refractivity contribution in [2.45, 2.75) is 44.9 Å². The van der Waals surface area contributed by atoms with Crippen molar-refractivity contribution in [2.75, 3.05) is 7.11 Å². The van der Waals surface area contributed by atoms with Gasteiger partial charge in [-0.25, -0.2) is 0 Å². The molecule has 1 heterocycles. The lowest BCUT2D eigenvalue weighted by Gasteiger charge is -2.38. The van der Waals surface area contributed by atoms with Crippen LogP contribution >= 0.6 is 0 Å². The highest BCUT2D eigenvalue weighted by atomic mass is 16.5. The standard InChI is InChI=1S/C21H25NO4/c1-14(25-15-8-6-5-7-9-15)20(23)22-18-13-21(2,3)26-19-12-16(24-4)10-11-17(18)19/h5-12,14,18H,13H2,1-4H3,(H,22,23)/t14-,18-/m0/s1. The molecule has 3 rings (SSSR count). The monoisotopic (exact) mass is 355 g/mol. The summed E-state index contributed by atoms with van der Waals surface area (Å²) in [6.07, 6.45) is 0.0842. The molecule has 0 spiro atoms. The summed E-state index contributed by atoms with van der Waals surface area (Å²) >= 11 is 0. The van der Waals surface area contributed by atoms with Crippen molar-refractivity contribution in [3.63, 3.8) is 0 Å². The van der Waals surface area contributed by atoms with Crippen molar-refractivity contribution in [3.05, 3.63) is 54.1 Å². The summed E-state index contributed by atoms with van der Waals surface area (Å²) in [4.78, 5) is 12.7. The molecule has 1 aliphatic rings. The van der Waals surface area contributed by atoms with Crippen molar-refractivity contribution >= 4 is 5.91 Å². The zero-order valence-electron chi connectivity index (χ0n) is 15.6. The van der Waals surface area contributed by atoms with Gasteiger partial charge in [0.1, 0.15) is 22.8 Å². The number of nitrogens with one attached hydrogen (secondary N) is 1. The van der Waals surface area contributed by atoms with Crippen LogP contribution in [0.2, 0.25) is 0 Å². The van der Waals surface area contributed by atoms with E-state index in [0.717, 1.165) is 17.1 Å². The van der Waals surface area contributed by atoms with Gasteiger partial charge in [-0.3, -0.25) is 4.79 Å². The minimum Gasteiger partial charge on any atom is -0.497 e. The number of amides is 1. The van der Waals surface area contributed by atoms with Crippen LogP contribution in [-0.2, 0) is 4.79 Å². The number of hydrogen-bond acceptors (Lipinski definition) is 4. The van der Waals surface area contributed by atoms with Crippen LogP contribution in [0.3, 0.4) is 0 Å². The van der Waals surface area contributed by atoms with Gasteiger partial charge in [-0.1, -0.05) is 18.2 Å². The first-order valence-electron chi connectivity index (χ1n) is 8.77. The Labute approximate surface area is 154 Å². The summed E-state index contributed by atoms with van der Waals surface area (Å²) in [7, 11) is 1.62. The molecule has 5 heteroatoms. The number of para-hydroxylation sites is 1. The SMILES string of the molecule is COc1ccc2c(c1)OC(C)(C)C[C@@H]2NC(=O)[C@H](C)Oc1ccccc1. The largest absolute Gasteiger partial charge is 0.497 e. The molecule has 2 aromatic carbocycles. The summed E-state index contributed by atoms with van der Waals surface area (Å²) in [6, 6.07) is 14.9. The fourth-order valence-corrected chi connectivity index (χ4v) is 3.13. The van der Waals surface area contributed by atoms with Gasteiger partial charge in [-0.15, -0.1) is 0 Å². The minimum absolute atomic E-state index is 0.144. The summed E-state index contributed by atoms with van der Waals surface area (Å²) in [6.45, 7) is 5.78. The molecular formula is C21H25NO4. The number of rotatable bonds is 5. The van der Waals surface area contributed by atoms with E-state index in [9.17, 15) is 4.79 Å². The van der Waals surface area contributed by atoms with Crippen LogP contribution in [0.15, 0.2) is 48.5 Å². The van der Waals surface area contributed by atoms with E-state index in [1.165, 1.54) is 0 Å². The molecule has 2 aromatic rings. The van der Waals surface area contributed by atoms with Gasteiger partial charge in [0.25, 0.3) is 5.91 Å². The molecule has 1 aliphatic heterocycles. The molecule has 0 aromatic heterocycles. The van der Waals surface area contributed by atoms with Crippen molar-refractivity contribution < 1.29 is 19.0 Å². The van der Waals surface area contributed by atoms with Crippen molar-refractivity contribution in [1.82, 2.24) is 5.32 Å². The van der Waals surface area contributed by atoms with Gasteiger partial charge in [0.15, 0.2) is 6.10 Å². The van der Waals surface area contributed by atoms with Crippen LogP contribution in [0.5, 0.6) is 17.2 Å². The van der Waals surface area contributed by atoms with Crippen LogP contribution in [0.4, 0.5) is 0 Å². The minimum atomic E-state index is -0.593. The van der Waals surface area contributed by atoms with Gasteiger partial charge >= 0.3 is 0 Å². The average molecular weight is 355 g/mol. The predicted molar refractivity (Wildman–Crippen MR) is 99.7 cm³/mol. The lowest BCUT2D eigenvalue weighted by molar-refractivity contribution is -0.128. The predicted octanol–water partition coefficient (Wildman–Crippen LogP) is 3.88. The number of hydrogen-bond donors (Lipinski definition) is 1. The van der Waals surface area contributed by atoms with Gasteiger partial charge in [0.2, 0.25) is 0 Å². The van der Waals surface area contributed by atoms with E-state index in [1.54, 1.807) is 14.0 Å². The molecule has 5 nitrogen and oxygen atoms in total.